The number of nitrogen functional groups attached to an aromatic ring is 1. The molecule has 1 aromatic rings. The Hall–Kier alpha value is -1.99. The van der Waals surface area contributed by atoms with Gasteiger partial charge in [-0.25, -0.2) is 4.79 Å². The van der Waals surface area contributed by atoms with Gasteiger partial charge in [-0.05, 0) is 0 Å². The Morgan fingerprint density at radius 3 is 2.89 bits per heavy atom. The average Bonchev–Trinajstić information content (AvgIpc) is 2.63. The van der Waals surface area contributed by atoms with Crippen LogP contribution in [0.2, 0.25) is 0 Å². The van der Waals surface area contributed by atoms with Gasteiger partial charge in [0.15, 0.2) is 6.23 Å². The van der Waals surface area contributed by atoms with Crippen LogP contribution >= 0.6 is 0 Å². The summed E-state index contributed by atoms with van der Waals surface area (Å²) in [6.07, 6.45) is 2.06. The number of terminal acetylenes is 1. The number of aliphatic hydroxyl groups excluding tert-OH is 2. The highest BCUT2D eigenvalue weighted by atomic mass is 16.6. The largest absolute Gasteiger partial charge is 0.394 e. The molecule has 0 spiro atoms. The standard InChI is InChI=1S/C10H12N4O5/c1-2-10(18)7(16)5(4-15)19-8(10)14-9(17)13-6(11)3-12-14/h1,3,5,7-8,15-16,18H,4H2,(H2,11,13,17). The van der Waals surface area contributed by atoms with Crippen LogP contribution in [0.4, 0.5) is 5.82 Å². The first-order chi connectivity index (χ1) is 8.93. The van der Waals surface area contributed by atoms with Crippen LogP contribution in [0.5, 0.6) is 0 Å². The summed E-state index contributed by atoms with van der Waals surface area (Å²) in [5.74, 6) is 1.85. The lowest BCUT2D eigenvalue weighted by Gasteiger charge is -2.25. The summed E-state index contributed by atoms with van der Waals surface area (Å²) >= 11 is 0. The normalized spacial score (nSPS) is 34.1. The van der Waals surface area contributed by atoms with Gasteiger partial charge in [-0.3, -0.25) is 0 Å². The molecule has 1 aliphatic rings. The van der Waals surface area contributed by atoms with Gasteiger partial charge in [0.1, 0.15) is 18.0 Å². The number of hydrogen-bond acceptors (Lipinski definition) is 8. The molecule has 1 aromatic heterocycles. The van der Waals surface area contributed by atoms with Crippen LogP contribution in [0.3, 0.4) is 0 Å². The van der Waals surface area contributed by atoms with Crippen molar-refractivity contribution in [1.82, 2.24) is 14.8 Å². The van der Waals surface area contributed by atoms with E-state index in [1.807, 2.05) is 5.92 Å². The summed E-state index contributed by atoms with van der Waals surface area (Å²) in [4.78, 5) is 15.1. The highest BCUT2D eigenvalue weighted by Gasteiger charge is 2.56. The first-order valence-corrected chi connectivity index (χ1v) is 5.30. The molecule has 4 unspecified atom stereocenters. The van der Waals surface area contributed by atoms with Crippen molar-refractivity contribution in [1.29, 1.82) is 0 Å². The molecule has 0 bridgehead atoms. The number of aromatic nitrogens is 3. The first-order valence-electron chi connectivity index (χ1n) is 5.30. The first kappa shape index (κ1) is 13.4. The topological polar surface area (TPSA) is 144 Å². The Balaban J connectivity index is 2.49. The maximum atomic E-state index is 11.6. The van der Waals surface area contributed by atoms with Crippen molar-refractivity contribution in [2.45, 2.75) is 24.0 Å². The molecule has 0 aromatic carbocycles. The van der Waals surface area contributed by atoms with Gasteiger partial charge < -0.3 is 25.8 Å². The minimum atomic E-state index is -2.21. The van der Waals surface area contributed by atoms with E-state index < -0.39 is 36.3 Å². The molecule has 0 radical (unpaired) electrons. The molecule has 1 saturated heterocycles. The van der Waals surface area contributed by atoms with E-state index >= 15 is 0 Å². The molecule has 9 heteroatoms. The van der Waals surface area contributed by atoms with E-state index in [-0.39, 0.29) is 5.82 Å². The fourth-order valence-corrected chi connectivity index (χ4v) is 1.84. The molecule has 1 aliphatic heterocycles. The summed E-state index contributed by atoms with van der Waals surface area (Å²) in [5.41, 5.74) is 2.18. The average molecular weight is 268 g/mol. The third-order valence-electron chi connectivity index (χ3n) is 2.85. The zero-order valence-corrected chi connectivity index (χ0v) is 9.67. The van der Waals surface area contributed by atoms with Gasteiger partial charge in [-0.2, -0.15) is 14.8 Å². The van der Waals surface area contributed by atoms with Crippen LogP contribution in [0.25, 0.3) is 0 Å². The van der Waals surface area contributed by atoms with Gasteiger partial charge in [0.05, 0.1) is 12.8 Å². The molecule has 0 amide bonds. The molecular weight excluding hydrogens is 256 g/mol. The second-order valence-corrected chi connectivity index (χ2v) is 4.03. The Kier molecular flexibility index (Phi) is 3.25. The fourth-order valence-electron chi connectivity index (χ4n) is 1.84. The Labute approximate surface area is 107 Å². The van der Waals surface area contributed by atoms with Crippen molar-refractivity contribution in [3.05, 3.63) is 16.7 Å². The van der Waals surface area contributed by atoms with E-state index in [0.29, 0.717) is 4.68 Å². The van der Waals surface area contributed by atoms with E-state index in [1.165, 1.54) is 0 Å². The van der Waals surface area contributed by atoms with Crippen molar-refractivity contribution in [2.24, 2.45) is 0 Å². The van der Waals surface area contributed by atoms with Gasteiger partial charge in [-0.15, -0.1) is 6.42 Å². The molecule has 2 heterocycles. The maximum absolute atomic E-state index is 11.6. The minimum absolute atomic E-state index is 0.109. The Morgan fingerprint density at radius 2 is 2.37 bits per heavy atom. The second-order valence-electron chi connectivity index (χ2n) is 4.03. The number of hydrogen-bond donors (Lipinski definition) is 4. The fraction of sp³-hybridized carbons (Fsp3) is 0.500. The molecule has 4 atom stereocenters. The van der Waals surface area contributed by atoms with Gasteiger partial charge in [0.2, 0.25) is 5.60 Å². The lowest BCUT2D eigenvalue weighted by molar-refractivity contribution is -0.0835. The molecule has 102 valence electrons. The predicted octanol–water partition coefficient (Wildman–Crippen LogP) is -3.16. The molecular formula is C10H12N4O5. The van der Waals surface area contributed by atoms with Crippen molar-refractivity contribution >= 4 is 5.82 Å². The molecule has 1 fully saturated rings. The lowest BCUT2D eigenvalue weighted by Crippen LogP contribution is -2.48. The van der Waals surface area contributed by atoms with E-state index in [4.69, 9.17) is 22.0 Å². The number of ether oxygens (including phenoxy) is 1. The van der Waals surface area contributed by atoms with E-state index in [9.17, 15) is 15.0 Å². The van der Waals surface area contributed by atoms with E-state index in [1.54, 1.807) is 0 Å². The van der Waals surface area contributed by atoms with Crippen molar-refractivity contribution in [2.75, 3.05) is 12.3 Å². The molecule has 5 N–H and O–H groups in total. The van der Waals surface area contributed by atoms with Crippen LogP contribution in [-0.4, -0.2) is 54.5 Å². The summed E-state index contributed by atoms with van der Waals surface area (Å²) in [6, 6.07) is 0. The number of nitrogens with two attached hydrogens (primary N) is 1. The number of aliphatic hydroxyl groups is 3. The van der Waals surface area contributed by atoms with Crippen LogP contribution in [0.15, 0.2) is 11.0 Å². The summed E-state index contributed by atoms with van der Waals surface area (Å²) in [5, 5.41) is 32.7. The van der Waals surface area contributed by atoms with Gasteiger partial charge in [0.25, 0.3) is 0 Å². The van der Waals surface area contributed by atoms with Crippen LogP contribution in [0, 0.1) is 12.3 Å². The minimum Gasteiger partial charge on any atom is -0.394 e. The molecule has 2 rings (SSSR count). The third-order valence-corrected chi connectivity index (χ3v) is 2.85. The highest BCUT2D eigenvalue weighted by Crippen LogP contribution is 2.36. The summed E-state index contributed by atoms with van der Waals surface area (Å²) < 4.78 is 5.83. The number of nitrogens with zero attached hydrogens (tertiary/aromatic N) is 3. The highest BCUT2D eigenvalue weighted by molar-refractivity contribution is 5.21. The number of anilines is 1. The van der Waals surface area contributed by atoms with Crippen LogP contribution < -0.4 is 11.4 Å². The van der Waals surface area contributed by atoms with E-state index in [2.05, 4.69) is 10.1 Å². The van der Waals surface area contributed by atoms with Crippen LogP contribution in [0.1, 0.15) is 6.23 Å². The summed E-state index contributed by atoms with van der Waals surface area (Å²) in [6.45, 7) is -0.585. The van der Waals surface area contributed by atoms with E-state index in [0.717, 1.165) is 6.20 Å². The molecule has 19 heavy (non-hydrogen) atoms. The van der Waals surface area contributed by atoms with Gasteiger partial charge in [-0.1, -0.05) is 5.92 Å². The second kappa shape index (κ2) is 4.60. The van der Waals surface area contributed by atoms with Crippen molar-refractivity contribution in [3.8, 4) is 12.3 Å². The SMILES string of the molecule is C#CC1(O)C(O)C(CO)OC1n1ncc(N)nc1=O. The lowest BCUT2D eigenvalue weighted by atomic mass is 9.95. The zero-order chi connectivity index (χ0) is 14.2. The predicted molar refractivity (Wildman–Crippen MR) is 61.5 cm³/mol. The maximum Gasteiger partial charge on any atom is 0.368 e. The van der Waals surface area contributed by atoms with Gasteiger partial charge in [0, 0.05) is 0 Å². The smallest absolute Gasteiger partial charge is 0.368 e. The quantitative estimate of drug-likeness (QED) is 0.411. The third kappa shape index (κ3) is 1.96. The van der Waals surface area contributed by atoms with Gasteiger partial charge >= 0.3 is 5.69 Å². The summed E-state index contributed by atoms with van der Waals surface area (Å²) in [7, 11) is 0. The van der Waals surface area contributed by atoms with Crippen LogP contribution in [-0.2, 0) is 4.74 Å². The molecule has 9 nitrogen and oxygen atoms in total. The number of rotatable bonds is 2. The monoisotopic (exact) mass is 268 g/mol. The molecule has 0 saturated carbocycles. The Bertz CT molecular complexity index is 582. The van der Waals surface area contributed by atoms with Crippen molar-refractivity contribution in [3.63, 3.8) is 0 Å². The zero-order valence-electron chi connectivity index (χ0n) is 9.67. The molecule has 0 aliphatic carbocycles. The Morgan fingerprint density at radius 1 is 1.68 bits per heavy atom. The van der Waals surface area contributed by atoms with Crippen molar-refractivity contribution < 1.29 is 20.1 Å².